The van der Waals surface area contributed by atoms with Gasteiger partial charge in [-0.1, -0.05) is 35.3 Å². The number of hydrogen-bond acceptors (Lipinski definition) is 6. The lowest BCUT2D eigenvalue weighted by Gasteiger charge is -2.30. The minimum Gasteiger partial charge on any atom is -0.475 e. The van der Waals surface area contributed by atoms with Crippen LogP contribution in [0.2, 0.25) is 10.0 Å². The first-order valence-electron chi connectivity index (χ1n) is 11.6. The Hall–Kier alpha value is -3.31. The maximum Gasteiger partial charge on any atom is 0.490 e. The molecule has 3 aromatic rings. The highest BCUT2D eigenvalue weighted by Crippen LogP contribution is 2.27. The number of aliphatic carboxylic acids is 1. The van der Waals surface area contributed by atoms with Crippen LogP contribution in [0.25, 0.3) is 10.9 Å². The van der Waals surface area contributed by atoms with E-state index in [2.05, 4.69) is 10.6 Å². The van der Waals surface area contributed by atoms with Gasteiger partial charge in [0.05, 0.1) is 5.52 Å². The standard InChI is InChI=1S/C23H25Cl2N5O.C2HF3O2/c1-30(2)21-19-5-3-4-6-20(19)28-23(29-21)27-18-9-7-17(8-10-18)26-22(31)14-11-15(24)13-16(25)12-14;3-2(4,5)1(6)7/h3-6,11-13,17-18H,7-10H2,1-2H3,(H,26,31)(H,27,28,29);(H,6,7). The van der Waals surface area contributed by atoms with Crippen molar-refractivity contribution in [2.75, 3.05) is 24.3 Å². The van der Waals surface area contributed by atoms with E-state index in [1.165, 1.54) is 0 Å². The molecule has 0 saturated heterocycles. The molecule has 4 rings (SSSR count). The third-order valence-corrected chi connectivity index (χ3v) is 6.21. The third kappa shape index (κ3) is 8.09. The number of nitrogens with zero attached hydrogens (tertiary/aromatic N) is 3. The van der Waals surface area contributed by atoms with Crippen LogP contribution in [0.3, 0.4) is 0 Å². The van der Waals surface area contributed by atoms with E-state index in [0.717, 1.165) is 42.4 Å². The number of anilines is 2. The minimum atomic E-state index is -5.08. The molecule has 1 aromatic heterocycles. The summed E-state index contributed by atoms with van der Waals surface area (Å²) in [5.74, 6) is -1.36. The Kier molecular flexibility index (Phi) is 9.61. The normalized spacial score (nSPS) is 17.2. The van der Waals surface area contributed by atoms with Crippen molar-refractivity contribution in [3.63, 3.8) is 0 Å². The van der Waals surface area contributed by atoms with E-state index in [1.807, 2.05) is 43.3 Å². The molecule has 13 heteroatoms. The summed E-state index contributed by atoms with van der Waals surface area (Å²) in [5.41, 5.74) is 1.41. The fourth-order valence-electron chi connectivity index (χ4n) is 3.98. The summed E-state index contributed by atoms with van der Waals surface area (Å²) in [6.45, 7) is 0. The van der Waals surface area contributed by atoms with Gasteiger partial charge in [-0.2, -0.15) is 18.2 Å². The molecule has 8 nitrogen and oxygen atoms in total. The topological polar surface area (TPSA) is 107 Å². The van der Waals surface area contributed by atoms with Gasteiger partial charge < -0.3 is 20.6 Å². The number of benzene rings is 2. The van der Waals surface area contributed by atoms with Gasteiger partial charge in [0.1, 0.15) is 5.82 Å². The molecule has 1 amide bonds. The van der Waals surface area contributed by atoms with Crippen molar-refractivity contribution in [2.24, 2.45) is 0 Å². The van der Waals surface area contributed by atoms with Crippen LogP contribution in [0, 0.1) is 0 Å². The van der Waals surface area contributed by atoms with Crippen molar-refractivity contribution in [3.05, 3.63) is 58.1 Å². The Morgan fingerprint density at radius 2 is 1.53 bits per heavy atom. The Labute approximate surface area is 227 Å². The first kappa shape index (κ1) is 29.2. The van der Waals surface area contributed by atoms with Crippen LogP contribution in [0.5, 0.6) is 0 Å². The highest BCUT2D eigenvalue weighted by molar-refractivity contribution is 6.35. The van der Waals surface area contributed by atoms with Crippen molar-refractivity contribution >= 4 is 57.7 Å². The van der Waals surface area contributed by atoms with Gasteiger partial charge >= 0.3 is 12.1 Å². The summed E-state index contributed by atoms with van der Waals surface area (Å²) >= 11 is 12.0. The lowest BCUT2D eigenvalue weighted by molar-refractivity contribution is -0.192. The van der Waals surface area contributed by atoms with Crippen LogP contribution in [0.1, 0.15) is 36.0 Å². The number of carbonyl (C=O) groups excluding carboxylic acids is 1. The molecule has 1 aliphatic rings. The lowest BCUT2D eigenvalue weighted by Crippen LogP contribution is -2.40. The zero-order valence-corrected chi connectivity index (χ0v) is 22.0. The van der Waals surface area contributed by atoms with Gasteiger partial charge in [0.25, 0.3) is 5.91 Å². The summed E-state index contributed by atoms with van der Waals surface area (Å²) in [4.78, 5) is 32.9. The number of amides is 1. The smallest absolute Gasteiger partial charge is 0.475 e. The Morgan fingerprint density at radius 1 is 0.974 bits per heavy atom. The zero-order valence-electron chi connectivity index (χ0n) is 20.5. The van der Waals surface area contributed by atoms with E-state index in [-0.39, 0.29) is 18.0 Å². The van der Waals surface area contributed by atoms with E-state index in [4.69, 9.17) is 43.1 Å². The molecule has 3 N–H and O–H groups in total. The molecule has 1 saturated carbocycles. The molecule has 0 bridgehead atoms. The number of alkyl halides is 3. The van der Waals surface area contributed by atoms with Crippen LogP contribution in [0.15, 0.2) is 42.5 Å². The van der Waals surface area contributed by atoms with Gasteiger partial charge in [0, 0.05) is 47.2 Å². The van der Waals surface area contributed by atoms with Gasteiger partial charge in [-0.3, -0.25) is 4.79 Å². The van der Waals surface area contributed by atoms with Crippen molar-refractivity contribution in [3.8, 4) is 0 Å². The number of carboxylic acid groups (broad SMARTS) is 1. The number of halogens is 5. The molecule has 1 aliphatic carbocycles. The fraction of sp³-hybridized carbons (Fsp3) is 0.360. The number of nitrogens with one attached hydrogen (secondary N) is 2. The van der Waals surface area contributed by atoms with Gasteiger partial charge in [0.2, 0.25) is 5.95 Å². The van der Waals surface area contributed by atoms with Crippen molar-refractivity contribution in [1.29, 1.82) is 0 Å². The summed E-state index contributed by atoms with van der Waals surface area (Å²) in [6.07, 6.45) is -1.47. The molecular formula is C25H26Cl2F3N5O3. The average molecular weight is 572 g/mol. The van der Waals surface area contributed by atoms with Crippen LogP contribution < -0.4 is 15.5 Å². The van der Waals surface area contributed by atoms with Crippen molar-refractivity contribution in [1.82, 2.24) is 15.3 Å². The number of carboxylic acids is 1. The van der Waals surface area contributed by atoms with E-state index in [0.29, 0.717) is 21.6 Å². The Bertz CT molecular complexity index is 1280. The zero-order chi connectivity index (χ0) is 28.0. The fourth-order valence-corrected chi connectivity index (χ4v) is 4.51. The maximum absolute atomic E-state index is 12.5. The van der Waals surface area contributed by atoms with E-state index < -0.39 is 12.1 Å². The largest absolute Gasteiger partial charge is 0.490 e. The lowest BCUT2D eigenvalue weighted by atomic mass is 9.91. The number of para-hydroxylation sites is 1. The molecule has 1 heterocycles. The number of fused-ring (bicyclic) bond motifs is 1. The second-order valence-corrected chi connectivity index (χ2v) is 9.78. The monoisotopic (exact) mass is 571 g/mol. The first-order chi connectivity index (χ1) is 17.8. The van der Waals surface area contributed by atoms with Crippen LogP contribution in [-0.4, -0.2) is 59.3 Å². The maximum atomic E-state index is 12.5. The molecule has 0 atom stereocenters. The second-order valence-electron chi connectivity index (χ2n) is 8.91. The van der Waals surface area contributed by atoms with E-state index in [9.17, 15) is 18.0 Å². The summed E-state index contributed by atoms with van der Waals surface area (Å²) < 4.78 is 31.7. The molecular weight excluding hydrogens is 546 g/mol. The number of carbonyl (C=O) groups is 2. The van der Waals surface area contributed by atoms with Gasteiger partial charge in [-0.25, -0.2) is 9.78 Å². The van der Waals surface area contributed by atoms with Crippen LogP contribution >= 0.6 is 23.2 Å². The van der Waals surface area contributed by atoms with Crippen LogP contribution in [-0.2, 0) is 4.79 Å². The highest BCUT2D eigenvalue weighted by atomic mass is 35.5. The summed E-state index contributed by atoms with van der Waals surface area (Å²) in [5, 5.41) is 15.7. The van der Waals surface area contributed by atoms with Gasteiger partial charge in [0.15, 0.2) is 0 Å². The molecule has 38 heavy (non-hydrogen) atoms. The molecule has 0 aliphatic heterocycles. The van der Waals surface area contributed by atoms with Crippen molar-refractivity contribution in [2.45, 2.75) is 43.9 Å². The molecule has 0 unspecified atom stereocenters. The Morgan fingerprint density at radius 3 is 2.08 bits per heavy atom. The van der Waals surface area contributed by atoms with Crippen LogP contribution in [0.4, 0.5) is 24.9 Å². The predicted molar refractivity (Wildman–Crippen MR) is 141 cm³/mol. The quantitative estimate of drug-likeness (QED) is 0.355. The molecule has 204 valence electrons. The van der Waals surface area contributed by atoms with Gasteiger partial charge in [-0.05, 0) is 56.0 Å². The van der Waals surface area contributed by atoms with Crippen molar-refractivity contribution < 1.29 is 27.9 Å². The summed E-state index contributed by atoms with van der Waals surface area (Å²) in [6, 6.07) is 13.3. The third-order valence-electron chi connectivity index (χ3n) is 5.77. The molecule has 1 fully saturated rings. The van der Waals surface area contributed by atoms with E-state index >= 15 is 0 Å². The SMILES string of the molecule is CN(C)c1nc(NC2CCC(NC(=O)c3cc(Cl)cc(Cl)c3)CC2)nc2ccccc12.O=C(O)C(F)(F)F. The van der Waals surface area contributed by atoms with Gasteiger partial charge in [-0.15, -0.1) is 0 Å². The molecule has 2 aromatic carbocycles. The summed E-state index contributed by atoms with van der Waals surface area (Å²) in [7, 11) is 3.97. The predicted octanol–water partition coefficient (Wildman–Crippen LogP) is 5.79. The number of rotatable bonds is 5. The molecule has 0 radical (unpaired) electrons. The number of aromatic nitrogens is 2. The average Bonchev–Trinajstić information content (AvgIpc) is 2.84. The highest BCUT2D eigenvalue weighted by Gasteiger charge is 2.38. The molecule has 0 spiro atoms. The van der Waals surface area contributed by atoms with E-state index in [1.54, 1.807) is 18.2 Å². The minimum absolute atomic E-state index is 0.123. The first-order valence-corrected chi connectivity index (χ1v) is 12.4. The Balaban J connectivity index is 0.000000505. The second kappa shape index (κ2) is 12.5. The number of hydrogen-bond donors (Lipinski definition) is 3.